The maximum absolute atomic E-state index is 12.1. The number of anilines is 1. The molecule has 2 N–H and O–H groups in total. The first kappa shape index (κ1) is 12.7. The number of nitrogens with zero attached hydrogens (tertiary/aromatic N) is 3. The summed E-state index contributed by atoms with van der Waals surface area (Å²) in [6, 6.07) is 1.29. The molecule has 0 aromatic carbocycles. The second-order valence-corrected chi connectivity index (χ2v) is 4.30. The summed E-state index contributed by atoms with van der Waals surface area (Å²) in [5.74, 6) is 0.396. The van der Waals surface area contributed by atoms with Gasteiger partial charge in [0.1, 0.15) is 10.8 Å². The van der Waals surface area contributed by atoms with Gasteiger partial charge in [-0.25, -0.2) is 0 Å². The zero-order valence-corrected chi connectivity index (χ0v) is 9.72. The fourth-order valence-corrected chi connectivity index (χ4v) is 1.68. The molecule has 0 spiro atoms. The molecule has 2 heterocycles. The van der Waals surface area contributed by atoms with Gasteiger partial charge in [0, 0.05) is 30.2 Å². The number of hydrogen-bond acceptors (Lipinski definition) is 5. The lowest BCUT2D eigenvalue weighted by Crippen LogP contribution is -2.01. The Bertz CT molecular complexity index is 498. The molecular formula is C9H8F3N5S. The zero-order chi connectivity index (χ0) is 13.0. The Morgan fingerprint density at radius 1 is 1.33 bits per heavy atom. The Hall–Kier alpha value is -1.77. The molecule has 0 saturated carbocycles. The molecular weight excluding hydrogens is 267 g/mol. The van der Waals surface area contributed by atoms with Gasteiger partial charge in [-0.15, -0.1) is 0 Å². The monoisotopic (exact) mass is 275 g/mol. The molecule has 0 aliphatic heterocycles. The van der Waals surface area contributed by atoms with Gasteiger partial charge in [0.15, 0.2) is 0 Å². The summed E-state index contributed by atoms with van der Waals surface area (Å²) in [7, 11) is 0. The molecule has 0 unspecified atom stereocenters. The van der Waals surface area contributed by atoms with Crippen LogP contribution in [0.25, 0.3) is 0 Å². The Kier molecular flexibility index (Phi) is 3.70. The molecule has 0 atom stereocenters. The summed E-state index contributed by atoms with van der Waals surface area (Å²) < 4.78 is 36.2. The highest BCUT2D eigenvalue weighted by Crippen LogP contribution is 2.36. The fraction of sp³-hybridized carbons (Fsp3) is 0.222. The average molecular weight is 275 g/mol. The van der Waals surface area contributed by atoms with Gasteiger partial charge in [0.2, 0.25) is 0 Å². The minimum absolute atomic E-state index is 0.135. The molecule has 0 aliphatic rings. The van der Waals surface area contributed by atoms with Crippen LogP contribution >= 0.6 is 11.8 Å². The summed E-state index contributed by atoms with van der Waals surface area (Å²) in [5.41, 5.74) is -3.66. The SMILES string of the molecule is FC(F)(F)Sc1cc(NCc2cnccn2)[nH]n1. The summed E-state index contributed by atoms with van der Waals surface area (Å²) in [6.45, 7) is 0.353. The predicted molar refractivity (Wildman–Crippen MR) is 59.9 cm³/mol. The van der Waals surface area contributed by atoms with E-state index >= 15 is 0 Å². The molecule has 0 amide bonds. The number of thioether (sulfide) groups is 1. The van der Waals surface area contributed by atoms with Crippen LogP contribution in [0.2, 0.25) is 0 Å². The summed E-state index contributed by atoms with van der Waals surface area (Å²) in [4.78, 5) is 7.88. The molecule has 2 aromatic rings. The van der Waals surface area contributed by atoms with E-state index in [0.29, 0.717) is 18.1 Å². The van der Waals surface area contributed by atoms with Crippen LogP contribution in [0.15, 0.2) is 29.7 Å². The third kappa shape index (κ3) is 3.91. The van der Waals surface area contributed by atoms with Crippen molar-refractivity contribution in [3.63, 3.8) is 0 Å². The molecule has 0 radical (unpaired) electrons. The van der Waals surface area contributed by atoms with E-state index in [0.717, 1.165) is 0 Å². The molecule has 5 nitrogen and oxygen atoms in total. The van der Waals surface area contributed by atoms with Crippen molar-refractivity contribution in [2.45, 2.75) is 17.1 Å². The first-order valence-corrected chi connectivity index (χ1v) is 5.64. The van der Waals surface area contributed by atoms with Crippen molar-refractivity contribution in [2.75, 3.05) is 5.32 Å². The predicted octanol–water partition coefficient (Wildman–Crippen LogP) is 2.42. The van der Waals surface area contributed by atoms with Crippen LogP contribution in [0, 0.1) is 0 Å². The van der Waals surface area contributed by atoms with Gasteiger partial charge in [-0.1, -0.05) is 0 Å². The van der Waals surface area contributed by atoms with E-state index in [4.69, 9.17) is 0 Å². The largest absolute Gasteiger partial charge is 0.447 e. The van der Waals surface area contributed by atoms with Crippen LogP contribution in [-0.4, -0.2) is 25.7 Å². The van der Waals surface area contributed by atoms with E-state index in [1.807, 2.05) is 0 Å². The molecule has 96 valence electrons. The highest BCUT2D eigenvalue weighted by molar-refractivity contribution is 8.00. The molecule has 18 heavy (non-hydrogen) atoms. The van der Waals surface area contributed by atoms with Crippen molar-refractivity contribution in [3.8, 4) is 0 Å². The Morgan fingerprint density at radius 2 is 2.17 bits per heavy atom. The third-order valence-corrected chi connectivity index (χ3v) is 2.50. The molecule has 0 bridgehead atoms. The van der Waals surface area contributed by atoms with Crippen LogP contribution in [0.3, 0.4) is 0 Å². The van der Waals surface area contributed by atoms with E-state index in [2.05, 4.69) is 25.5 Å². The average Bonchev–Trinajstić information content (AvgIpc) is 2.73. The van der Waals surface area contributed by atoms with Gasteiger partial charge in [-0.3, -0.25) is 15.1 Å². The first-order chi connectivity index (χ1) is 8.53. The van der Waals surface area contributed by atoms with Gasteiger partial charge in [-0.05, 0) is 0 Å². The highest BCUT2D eigenvalue weighted by Gasteiger charge is 2.30. The van der Waals surface area contributed by atoms with E-state index in [-0.39, 0.29) is 16.8 Å². The number of aromatic nitrogens is 4. The maximum Gasteiger partial charge on any atom is 0.447 e. The minimum atomic E-state index is -4.34. The molecule has 0 aliphatic carbocycles. The van der Waals surface area contributed by atoms with Crippen molar-refractivity contribution in [2.24, 2.45) is 0 Å². The van der Waals surface area contributed by atoms with Crippen molar-refractivity contribution in [1.29, 1.82) is 0 Å². The molecule has 9 heteroatoms. The summed E-state index contributed by atoms with van der Waals surface area (Å²) >= 11 is -0.267. The number of aromatic amines is 1. The number of halogens is 3. The quantitative estimate of drug-likeness (QED) is 0.839. The maximum atomic E-state index is 12.1. The van der Waals surface area contributed by atoms with Gasteiger partial charge in [0.25, 0.3) is 0 Å². The zero-order valence-electron chi connectivity index (χ0n) is 8.90. The molecule has 0 fully saturated rings. The lowest BCUT2D eigenvalue weighted by Gasteiger charge is -2.01. The van der Waals surface area contributed by atoms with E-state index < -0.39 is 5.51 Å². The number of H-pyrrole nitrogens is 1. The Morgan fingerprint density at radius 3 is 2.83 bits per heavy atom. The normalized spacial score (nSPS) is 11.5. The van der Waals surface area contributed by atoms with Crippen LogP contribution in [0.1, 0.15) is 5.69 Å². The van der Waals surface area contributed by atoms with Crippen LogP contribution in [0.4, 0.5) is 19.0 Å². The van der Waals surface area contributed by atoms with Gasteiger partial charge in [0.05, 0.1) is 18.4 Å². The number of alkyl halides is 3. The lowest BCUT2D eigenvalue weighted by molar-refractivity contribution is -0.0329. The second-order valence-electron chi connectivity index (χ2n) is 3.22. The molecule has 2 rings (SSSR count). The van der Waals surface area contributed by atoms with E-state index in [9.17, 15) is 13.2 Å². The van der Waals surface area contributed by atoms with Crippen molar-refractivity contribution >= 4 is 17.6 Å². The van der Waals surface area contributed by atoms with Crippen LogP contribution in [0.5, 0.6) is 0 Å². The van der Waals surface area contributed by atoms with Crippen molar-refractivity contribution < 1.29 is 13.2 Å². The van der Waals surface area contributed by atoms with Crippen LogP contribution in [-0.2, 0) is 6.54 Å². The Balaban J connectivity index is 1.91. The first-order valence-electron chi connectivity index (χ1n) is 4.83. The van der Waals surface area contributed by atoms with E-state index in [1.165, 1.54) is 18.5 Å². The lowest BCUT2D eigenvalue weighted by atomic mass is 10.4. The smallest absolute Gasteiger partial charge is 0.365 e. The van der Waals surface area contributed by atoms with Gasteiger partial charge < -0.3 is 5.32 Å². The summed E-state index contributed by atoms with van der Waals surface area (Å²) in [6.07, 6.45) is 4.64. The molecule has 0 saturated heterocycles. The Labute approximate surface area is 104 Å². The minimum Gasteiger partial charge on any atom is -0.365 e. The number of nitrogens with one attached hydrogen (secondary N) is 2. The molecule has 2 aromatic heterocycles. The summed E-state index contributed by atoms with van der Waals surface area (Å²) in [5, 5.41) is 8.73. The third-order valence-electron chi connectivity index (χ3n) is 1.85. The standard InChI is InChI=1S/C9H8F3N5S/c10-9(11,12)18-8-3-7(16-17-8)15-5-6-4-13-1-2-14-6/h1-4H,5H2,(H2,15,16,17). The van der Waals surface area contributed by atoms with Gasteiger partial charge in [-0.2, -0.15) is 18.3 Å². The number of rotatable bonds is 4. The fourth-order valence-electron chi connectivity index (χ4n) is 1.17. The topological polar surface area (TPSA) is 66.5 Å². The van der Waals surface area contributed by atoms with Gasteiger partial charge >= 0.3 is 5.51 Å². The second kappa shape index (κ2) is 5.25. The number of hydrogen-bond donors (Lipinski definition) is 2. The van der Waals surface area contributed by atoms with Crippen LogP contribution < -0.4 is 5.32 Å². The van der Waals surface area contributed by atoms with E-state index in [1.54, 1.807) is 6.20 Å². The van der Waals surface area contributed by atoms with Crippen molar-refractivity contribution in [3.05, 3.63) is 30.4 Å². The van der Waals surface area contributed by atoms with Crippen molar-refractivity contribution in [1.82, 2.24) is 20.2 Å². The highest BCUT2D eigenvalue weighted by atomic mass is 32.2.